The zero-order valence-electron chi connectivity index (χ0n) is 12.6. The van der Waals surface area contributed by atoms with Crippen molar-refractivity contribution in [3.8, 4) is 11.3 Å². The van der Waals surface area contributed by atoms with E-state index in [0.717, 1.165) is 11.6 Å². The molecule has 1 atom stereocenters. The van der Waals surface area contributed by atoms with Crippen LogP contribution in [0.2, 0.25) is 0 Å². The predicted octanol–water partition coefficient (Wildman–Crippen LogP) is 4.68. The van der Waals surface area contributed by atoms with E-state index in [2.05, 4.69) is 39.3 Å². The second-order valence-electron chi connectivity index (χ2n) is 6.17. The Balaban J connectivity index is 1.57. The largest absolute Gasteiger partial charge is 0.368 e. The highest BCUT2D eigenvalue weighted by atomic mass is 32.2. The summed E-state index contributed by atoms with van der Waals surface area (Å²) in [5.41, 5.74) is 3.45. The van der Waals surface area contributed by atoms with Gasteiger partial charge in [-0.3, -0.25) is 4.98 Å². The van der Waals surface area contributed by atoms with Gasteiger partial charge in [0.1, 0.15) is 0 Å². The van der Waals surface area contributed by atoms with Crippen molar-refractivity contribution in [2.75, 3.05) is 5.32 Å². The number of fused-ring (bicyclic) bond motifs is 1. The van der Waals surface area contributed by atoms with Crippen LogP contribution in [0.5, 0.6) is 0 Å². The molecule has 1 saturated carbocycles. The number of pyridine rings is 1. The van der Waals surface area contributed by atoms with Crippen LogP contribution in [0.15, 0.2) is 47.5 Å². The Morgan fingerprint density at radius 1 is 1.05 bits per heavy atom. The number of hydrogen-bond acceptors (Lipinski definition) is 4. The summed E-state index contributed by atoms with van der Waals surface area (Å²) in [7, 11) is 0. The zero-order chi connectivity index (χ0) is 14.8. The molecule has 0 amide bonds. The molecule has 0 spiro atoms. The smallest absolute Gasteiger partial charge is 0.0891 e. The molecule has 3 nitrogen and oxygen atoms in total. The van der Waals surface area contributed by atoms with Gasteiger partial charge in [-0.1, -0.05) is 31.4 Å². The lowest BCUT2D eigenvalue weighted by molar-refractivity contribution is 0.310. The molecular formula is C18H21N3S. The summed E-state index contributed by atoms with van der Waals surface area (Å²) in [6.07, 6.45) is 9.05. The predicted molar refractivity (Wildman–Crippen MR) is 92.7 cm³/mol. The molecular weight excluding hydrogens is 290 g/mol. The summed E-state index contributed by atoms with van der Waals surface area (Å²) in [4.78, 5) is 5.73. The topological polar surface area (TPSA) is 37.0 Å². The van der Waals surface area contributed by atoms with E-state index in [1.165, 1.54) is 48.3 Å². The Bertz CT molecular complexity index is 638. The maximum Gasteiger partial charge on any atom is 0.0891 e. The Morgan fingerprint density at radius 2 is 1.95 bits per heavy atom. The highest BCUT2D eigenvalue weighted by molar-refractivity contribution is 7.97. The Hall–Kier alpha value is -1.52. The number of benzene rings is 1. The second kappa shape index (κ2) is 6.31. The van der Waals surface area contributed by atoms with Crippen LogP contribution in [0.25, 0.3) is 11.3 Å². The van der Waals surface area contributed by atoms with Gasteiger partial charge in [0, 0.05) is 16.7 Å². The van der Waals surface area contributed by atoms with Gasteiger partial charge in [-0.25, -0.2) is 4.72 Å². The molecule has 4 rings (SSSR count). The third-order valence-corrected chi connectivity index (χ3v) is 5.62. The van der Waals surface area contributed by atoms with Crippen LogP contribution in [0.1, 0.15) is 32.1 Å². The minimum absolute atomic E-state index is 0.386. The van der Waals surface area contributed by atoms with Gasteiger partial charge in [-0.15, -0.1) is 0 Å². The molecule has 1 aromatic carbocycles. The average Bonchev–Trinajstić information content (AvgIpc) is 2.62. The molecule has 0 bridgehead atoms. The van der Waals surface area contributed by atoms with Gasteiger partial charge in [0.15, 0.2) is 0 Å². The van der Waals surface area contributed by atoms with E-state index in [-0.39, 0.29) is 0 Å². The molecule has 1 aromatic heterocycles. The molecule has 22 heavy (non-hydrogen) atoms. The number of rotatable bonds is 2. The minimum Gasteiger partial charge on any atom is -0.368 e. The standard InChI is InChI=1S/C18H21N3S/c1-2-6-13(7-3-1)18-20-16-12-14(9-10-17(16)22-21-18)15-8-4-5-11-19-15/h4-5,8-13,18,20-21H,1-3,6-7H2. The summed E-state index contributed by atoms with van der Waals surface area (Å²) in [5.74, 6) is 0.743. The molecule has 1 fully saturated rings. The lowest BCUT2D eigenvalue weighted by atomic mass is 9.87. The number of nitrogens with zero attached hydrogens (tertiary/aromatic N) is 1. The number of hydrogen-bond donors (Lipinski definition) is 2. The summed E-state index contributed by atoms with van der Waals surface area (Å²) in [6.45, 7) is 0. The molecule has 1 unspecified atom stereocenters. The van der Waals surface area contributed by atoms with E-state index in [0.29, 0.717) is 6.17 Å². The van der Waals surface area contributed by atoms with Gasteiger partial charge in [0.2, 0.25) is 0 Å². The fourth-order valence-corrected chi connectivity index (χ4v) is 4.30. The van der Waals surface area contributed by atoms with Crippen molar-refractivity contribution in [2.45, 2.75) is 43.2 Å². The van der Waals surface area contributed by atoms with Crippen molar-refractivity contribution >= 4 is 17.6 Å². The maximum atomic E-state index is 4.46. The van der Waals surface area contributed by atoms with Gasteiger partial charge >= 0.3 is 0 Å². The van der Waals surface area contributed by atoms with Crippen molar-refractivity contribution in [1.82, 2.24) is 9.71 Å². The summed E-state index contributed by atoms with van der Waals surface area (Å²) in [6, 6.07) is 12.6. The summed E-state index contributed by atoms with van der Waals surface area (Å²) in [5, 5.41) is 3.72. The van der Waals surface area contributed by atoms with E-state index < -0.39 is 0 Å². The van der Waals surface area contributed by atoms with E-state index in [1.54, 1.807) is 11.9 Å². The Morgan fingerprint density at radius 3 is 2.77 bits per heavy atom. The average molecular weight is 311 g/mol. The molecule has 0 radical (unpaired) electrons. The number of nitrogens with one attached hydrogen (secondary N) is 2. The molecule has 114 valence electrons. The Kier molecular flexibility index (Phi) is 4.04. The molecule has 2 aromatic rings. The fraction of sp³-hybridized carbons (Fsp3) is 0.389. The first-order chi connectivity index (χ1) is 10.9. The first-order valence-corrected chi connectivity index (χ1v) is 8.96. The molecule has 1 aliphatic carbocycles. The van der Waals surface area contributed by atoms with Crippen molar-refractivity contribution < 1.29 is 0 Å². The van der Waals surface area contributed by atoms with Crippen molar-refractivity contribution in [1.29, 1.82) is 0 Å². The van der Waals surface area contributed by atoms with Gasteiger partial charge in [0.05, 0.1) is 17.5 Å². The lowest BCUT2D eigenvalue weighted by Crippen LogP contribution is -2.42. The number of anilines is 1. The summed E-state index contributed by atoms with van der Waals surface area (Å²) < 4.78 is 3.59. The number of aromatic nitrogens is 1. The molecule has 1 aliphatic heterocycles. The van der Waals surface area contributed by atoms with E-state index in [4.69, 9.17) is 0 Å². The van der Waals surface area contributed by atoms with Gasteiger partial charge in [-0.05, 0) is 55.0 Å². The fourth-order valence-electron chi connectivity index (χ4n) is 3.43. The molecule has 0 saturated heterocycles. The first kappa shape index (κ1) is 14.1. The summed E-state index contributed by atoms with van der Waals surface area (Å²) >= 11 is 1.76. The van der Waals surface area contributed by atoms with E-state index >= 15 is 0 Å². The third-order valence-electron chi connectivity index (χ3n) is 4.67. The third kappa shape index (κ3) is 2.85. The SMILES string of the molecule is c1ccc(-c2ccc3c(c2)NC(C2CCCCC2)NS3)nc1. The van der Waals surface area contributed by atoms with Crippen molar-refractivity contribution in [3.05, 3.63) is 42.6 Å². The lowest BCUT2D eigenvalue weighted by Gasteiger charge is -2.35. The maximum absolute atomic E-state index is 4.46. The highest BCUT2D eigenvalue weighted by Crippen LogP contribution is 2.37. The van der Waals surface area contributed by atoms with Crippen LogP contribution in [0.3, 0.4) is 0 Å². The first-order valence-electron chi connectivity index (χ1n) is 8.14. The van der Waals surface area contributed by atoms with E-state index in [9.17, 15) is 0 Å². The van der Waals surface area contributed by atoms with Crippen LogP contribution in [0.4, 0.5) is 5.69 Å². The minimum atomic E-state index is 0.386. The molecule has 4 heteroatoms. The zero-order valence-corrected chi connectivity index (χ0v) is 13.4. The van der Waals surface area contributed by atoms with Crippen molar-refractivity contribution in [3.63, 3.8) is 0 Å². The van der Waals surface area contributed by atoms with Crippen LogP contribution in [0, 0.1) is 5.92 Å². The van der Waals surface area contributed by atoms with Crippen LogP contribution < -0.4 is 10.0 Å². The van der Waals surface area contributed by atoms with Crippen molar-refractivity contribution in [2.24, 2.45) is 5.92 Å². The van der Waals surface area contributed by atoms with Gasteiger partial charge in [-0.2, -0.15) is 0 Å². The molecule has 2 heterocycles. The van der Waals surface area contributed by atoms with Gasteiger partial charge < -0.3 is 5.32 Å². The normalized spacial score (nSPS) is 21.9. The van der Waals surface area contributed by atoms with Crippen LogP contribution in [-0.4, -0.2) is 11.1 Å². The highest BCUT2D eigenvalue weighted by Gasteiger charge is 2.27. The second-order valence-corrected chi connectivity index (χ2v) is 7.05. The van der Waals surface area contributed by atoms with Gasteiger partial charge in [0.25, 0.3) is 0 Å². The van der Waals surface area contributed by atoms with Crippen LogP contribution in [-0.2, 0) is 0 Å². The Labute approximate surface area is 136 Å². The monoisotopic (exact) mass is 311 g/mol. The van der Waals surface area contributed by atoms with Crippen LogP contribution >= 0.6 is 11.9 Å². The quantitative estimate of drug-likeness (QED) is 0.790. The molecule has 2 aliphatic rings. The van der Waals surface area contributed by atoms with E-state index in [1.807, 2.05) is 18.3 Å². The molecule has 2 N–H and O–H groups in total.